The number of aromatic carboxylic acids is 1. The second-order valence-corrected chi connectivity index (χ2v) is 6.27. The monoisotopic (exact) mass is 326 g/mol. The third-order valence-electron chi connectivity index (χ3n) is 3.61. The van der Waals surface area contributed by atoms with Crippen LogP contribution < -0.4 is 0 Å². The van der Waals surface area contributed by atoms with Crippen molar-refractivity contribution in [2.45, 2.75) is 30.8 Å². The molecule has 0 aliphatic rings. The molecule has 0 atom stereocenters. The third kappa shape index (κ3) is 3.40. The van der Waals surface area contributed by atoms with Crippen molar-refractivity contribution in [1.29, 1.82) is 0 Å². The number of imidazole rings is 1. The SMILES string of the molecule is CCCn1c(SCc2cccc(C(=O)O)c2)nc2ccccc21. The third-order valence-corrected chi connectivity index (χ3v) is 4.66. The highest BCUT2D eigenvalue weighted by atomic mass is 32.2. The van der Waals surface area contributed by atoms with Gasteiger partial charge in [0.2, 0.25) is 0 Å². The molecule has 118 valence electrons. The van der Waals surface area contributed by atoms with E-state index in [1.54, 1.807) is 30.0 Å². The Labute approximate surface area is 139 Å². The fourth-order valence-electron chi connectivity index (χ4n) is 2.55. The van der Waals surface area contributed by atoms with E-state index in [9.17, 15) is 4.79 Å². The zero-order valence-electron chi connectivity index (χ0n) is 12.9. The van der Waals surface area contributed by atoms with Gasteiger partial charge in [0.15, 0.2) is 5.16 Å². The molecule has 0 unspecified atom stereocenters. The highest BCUT2D eigenvalue weighted by Gasteiger charge is 2.11. The lowest BCUT2D eigenvalue weighted by atomic mass is 10.1. The minimum atomic E-state index is -0.893. The van der Waals surface area contributed by atoms with Crippen molar-refractivity contribution < 1.29 is 9.90 Å². The number of nitrogens with zero attached hydrogens (tertiary/aromatic N) is 2. The number of carboxylic acids is 1. The van der Waals surface area contributed by atoms with E-state index in [0.29, 0.717) is 11.3 Å². The molecule has 5 heteroatoms. The Bertz CT molecular complexity index is 842. The number of aromatic nitrogens is 2. The lowest BCUT2D eigenvalue weighted by molar-refractivity contribution is 0.0697. The summed E-state index contributed by atoms with van der Waals surface area (Å²) in [5.74, 6) is -0.191. The van der Waals surface area contributed by atoms with Crippen LogP contribution in [0.15, 0.2) is 53.7 Å². The Kier molecular flexibility index (Phi) is 4.67. The molecule has 0 fully saturated rings. The van der Waals surface area contributed by atoms with Gasteiger partial charge in [0.05, 0.1) is 16.6 Å². The quantitative estimate of drug-likeness (QED) is 0.681. The topological polar surface area (TPSA) is 55.1 Å². The van der Waals surface area contributed by atoms with E-state index in [1.807, 2.05) is 24.3 Å². The standard InChI is InChI=1S/C18H18N2O2S/c1-2-10-20-16-9-4-3-8-15(16)19-18(20)23-12-13-6-5-7-14(11-13)17(21)22/h3-9,11H,2,10,12H2,1H3,(H,21,22). The molecule has 2 aromatic carbocycles. The van der Waals surface area contributed by atoms with E-state index in [2.05, 4.69) is 17.6 Å². The number of thioether (sulfide) groups is 1. The average Bonchev–Trinajstić information content (AvgIpc) is 2.92. The Morgan fingerprint density at radius 3 is 2.83 bits per heavy atom. The van der Waals surface area contributed by atoms with Gasteiger partial charge in [-0.3, -0.25) is 0 Å². The predicted octanol–water partition coefficient (Wildman–Crippen LogP) is 4.44. The molecule has 3 aromatic rings. The number of fused-ring (bicyclic) bond motifs is 1. The highest BCUT2D eigenvalue weighted by Crippen LogP contribution is 2.27. The highest BCUT2D eigenvalue weighted by molar-refractivity contribution is 7.98. The molecule has 4 nitrogen and oxygen atoms in total. The van der Waals surface area contributed by atoms with E-state index in [4.69, 9.17) is 10.1 Å². The summed E-state index contributed by atoms with van der Waals surface area (Å²) in [5.41, 5.74) is 3.47. The van der Waals surface area contributed by atoms with Gasteiger partial charge in [-0.25, -0.2) is 9.78 Å². The molecule has 3 rings (SSSR count). The lowest BCUT2D eigenvalue weighted by Gasteiger charge is -2.07. The first-order valence-electron chi connectivity index (χ1n) is 7.59. The number of carboxylic acid groups (broad SMARTS) is 1. The second-order valence-electron chi connectivity index (χ2n) is 5.33. The number of hydrogen-bond donors (Lipinski definition) is 1. The van der Waals surface area contributed by atoms with Gasteiger partial charge in [0.1, 0.15) is 0 Å². The summed E-state index contributed by atoms with van der Waals surface area (Å²) in [6.07, 6.45) is 1.04. The molecule has 1 heterocycles. The summed E-state index contributed by atoms with van der Waals surface area (Å²) >= 11 is 1.65. The molecule has 0 aliphatic carbocycles. The molecule has 0 spiro atoms. The second kappa shape index (κ2) is 6.87. The molecule has 0 bridgehead atoms. The zero-order chi connectivity index (χ0) is 16.2. The molecule has 0 aliphatic heterocycles. The van der Waals surface area contributed by atoms with Crippen LogP contribution in [0.3, 0.4) is 0 Å². The Morgan fingerprint density at radius 2 is 2.04 bits per heavy atom. The van der Waals surface area contributed by atoms with Crippen molar-refractivity contribution >= 4 is 28.8 Å². The maximum atomic E-state index is 11.1. The first kappa shape index (κ1) is 15.6. The van der Waals surface area contributed by atoms with Crippen LogP contribution in [0.1, 0.15) is 29.3 Å². The number of aryl methyl sites for hydroxylation is 1. The van der Waals surface area contributed by atoms with Gasteiger partial charge >= 0.3 is 5.97 Å². The van der Waals surface area contributed by atoms with Crippen molar-refractivity contribution in [3.05, 3.63) is 59.7 Å². The van der Waals surface area contributed by atoms with Crippen LogP contribution in [0.4, 0.5) is 0 Å². The van der Waals surface area contributed by atoms with E-state index < -0.39 is 5.97 Å². The molecule has 0 radical (unpaired) electrons. The van der Waals surface area contributed by atoms with Crippen LogP contribution in [0.2, 0.25) is 0 Å². The summed E-state index contributed by atoms with van der Waals surface area (Å²) < 4.78 is 2.24. The fraction of sp³-hybridized carbons (Fsp3) is 0.222. The van der Waals surface area contributed by atoms with Crippen molar-refractivity contribution in [3.63, 3.8) is 0 Å². The van der Waals surface area contributed by atoms with Gasteiger partial charge in [-0.1, -0.05) is 43.0 Å². The number of rotatable bonds is 6. The molecule has 1 aromatic heterocycles. The number of para-hydroxylation sites is 2. The molecule has 0 saturated heterocycles. The average molecular weight is 326 g/mol. The van der Waals surface area contributed by atoms with Gasteiger partial charge < -0.3 is 9.67 Å². The Morgan fingerprint density at radius 1 is 1.22 bits per heavy atom. The fourth-order valence-corrected chi connectivity index (χ4v) is 3.53. The van der Waals surface area contributed by atoms with Crippen LogP contribution in [0.25, 0.3) is 11.0 Å². The number of hydrogen-bond acceptors (Lipinski definition) is 3. The van der Waals surface area contributed by atoms with Crippen molar-refractivity contribution in [2.24, 2.45) is 0 Å². The summed E-state index contributed by atoms with van der Waals surface area (Å²) in [4.78, 5) is 15.8. The van der Waals surface area contributed by atoms with Gasteiger partial charge in [-0.05, 0) is 36.2 Å². The van der Waals surface area contributed by atoms with Crippen LogP contribution in [0.5, 0.6) is 0 Å². The summed E-state index contributed by atoms with van der Waals surface area (Å²) in [6, 6.07) is 15.2. The smallest absolute Gasteiger partial charge is 0.335 e. The number of carbonyl (C=O) groups is 1. The van der Waals surface area contributed by atoms with Crippen LogP contribution in [-0.4, -0.2) is 20.6 Å². The van der Waals surface area contributed by atoms with E-state index in [0.717, 1.165) is 34.7 Å². The summed E-state index contributed by atoms with van der Waals surface area (Å²) in [5, 5.41) is 10.1. The van der Waals surface area contributed by atoms with E-state index >= 15 is 0 Å². The first-order valence-corrected chi connectivity index (χ1v) is 8.58. The van der Waals surface area contributed by atoms with Crippen molar-refractivity contribution in [2.75, 3.05) is 0 Å². The molecule has 1 N–H and O–H groups in total. The van der Waals surface area contributed by atoms with Crippen molar-refractivity contribution in [3.8, 4) is 0 Å². The Hall–Kier alpha value is -2.27. The largest absolute Gasteiger partial charge is 0.478 e. The van der Waals surface area contributed by atoms with Crippen LogP contribution >= 0.6 is 11.8 Å². The molecule has 0 saturated carbocycles. The van der Waals surface area contributed by atoms with Gasteiger partial charge in [-0.15, -0.1) is 0 Å². The zero-order valence-corrected chi connectivity index (χ0v) is 13.7. The lowest BCUT2D eigenvalue weighted by Crippen LogP contribution is -1.99. The summed E-state index contributed by atoms with van der Waals surface area (Å²) in [7, 11) is 0. The number of benzene rings is 2. The minimum Gasteiger partial charge on any atom is -0.478 e. The van der Waals surface area contributed by atoms with Crippen LogP contribution in [-0.2, 0) is 12.3 Å². The normalized spacial score (nSPS) is 11.0. The predicted molar refractivity (Wildman–Crippen MR) is 93.0 cm³/mol. The first-order chi connectivity index (χ1) is 11.2. The van der Waals surface area contributed by atoms with E-state index in [1.165, 1.54) is 0 Å². The maximum absolute atomic E-state index is 11.1. The van der Waals surface area contributed by atoms with Gasteiger partial charge in [0.25, 0.3) is 0 Å². The summed E-state index contributed by atoms with van der Waals surface area (Å²) in [6.45, 7) is 3.08. The van der Waals surface area contributed by atoms with Crippen LogP contribution in [0, 0.1) is 0 Å². The molecule has 23 heavy (non-hydrogen) atoms. The van der Waals surface area contributed by atoms with Gasteiger partial charge in [-0.2, -0.15) is 0 Å². The molecule has 0 amide bonds. The Balaban J connectivity index is 1.85. The van der Waals surface area contributed by atoms with Gasteiger partial charge in [0, 0.05) is 12.3 Å². The molecular weight excluding hydrogens is 308 g/mol. The van der Waals surface area contributed by atoms with Crippen molar-refractivity contribution in [1.82, 2.24) is 9.55 Å². The molecular formula is C18H18N2O2S. The van der Waals surface area contributed by atoms with E-state index in [-0.39, 0.29) is 0 Å². The minimum absolute atomic E-state index is 0.324. The maximum Gasteiger partial charge on any atom is 0.335 e.